The maximum absolute atomic E-state index is 11.9. The smallest absolute Gasteiger partial charge is 0.249 e. The fourth-order valence-electron chi connectivity index (χ4n) is 4.15. The summed E-state index contributed by atoms with van der Waals surface area (Å²) in [5.41, 5.74) is -3.53. The Morgan fingerprint density at radius 1 is 0.941 bits per heavy atom. The molecule has 2 amide bonds. The number of carbonyl (C=O) groups is 2. The molecule has 0 aromatic carbocycles. The maximum atomic E-state index is 11.9. The molecule has 2 atom stereocenters. The second kappa shape index (κ2) is 2.68. The van der Waals surface area contributed by atoms with Crippen LogP contribution in [0.5, 0.6) is 0 Å². The molecule has 2 aliphatic carbocycles. The molecule has 0 radical (unpaired) electrons. The molecule has 2 saturated carbocycles. The molecule has 0 unspecified atom stereocenters. The number of nitrogens with zero attached hydrogens (tertiary/aromatic N) is 2. The molecule has 17 heavy (non-hydrogen) atoms. The molecule has 86 valence electrons. The van der Waals surface area contributed by atoms with E-state index in [0.717, 1.165) is 19.3 Å². The summed E-state index contributed by atoms with van der Waals surface area (Å²) in [6.07, 6.45) is 4.07. The molecule has 1 aliphatic heterocycles. The average molecular weight is 229 g/mol. The Morgan fingerprint density at radius 3 is 1.82 bits per heavy atom. The second-order valence-electron chi connectivity index (χ2n) is 5.15. The van der Waals surface area contributed by atoms with E-state index >= 15 is 0 Å². The largest absolute Gasteiger partial charge is 0.293 e. The van der Waals surface area contributed by atoms with Gasteiger partial charge in [0.1, 0.15) is 0 Å². The number of imide groups is 1. The van der Waals surface area contributed by atoms with E-state index in [1.54, 1.807) is 0 Å². The van der Waals surface area contributed by atoms with E-state index in [4.69, 9.17) is 0 Å². The van der Waals surface area contributed by atoms with Crippen LogP contribution in [0.4, 0.5) is 0 Å². The van der Waals surface area contributed by atoms with Crippen molar-refractivity contribution >= 4 is 11.8 Å². The lowest BCUT2D eigenvalue weighted by atomic mass is 9.77. The maximum Gasteiger partial charge on any atom is 0.249 e. The van der Waals surface area contributed by atoms with Crippen molar-refractivity contribution in [1.82, 2.24) is 5.32 Å². The summed E-state index contributed by atoms with van der Waals surface area (Å²) in [6.45, 7) is 0. The molecule has 1 heterocycles. The van der Waals surface area contributed by atoms with Crippen molar-refractivity contribution in [1.29, 1.82) is 10.5 Å². The van der Waals surface area contributed by atoms with Gasteiger partial charge >= 0.3 is 0 Å². The predicted molar refractivity (Wildman–Crippen MR) is 54.8 cm³/mol. The third kappa shape index (κ3) is 0.683. The van der Waals surface area contributed by atoms with Crippen LogP contribution in [0.2, 0.25) is 0 Å². The minimum atomic E-state index is -1.41. The minimum Gasteiger partial charge on any atom is -0.293 e. The van der Waals surface area contributed by atoms with E-state index in [-0.39, 0.29) is 0 Å². The van der Waals surface area contributed by atoms with Crippen molar-refractivity contribution in [2.75, 3.05) is 0 Å². The van der Waals surface area contributed by atoms with Gasteiger partial charge < -0.3 is 0 Å². The first-order valence-electron chi connectivity index (χ1n) is 5.81. The van der Waals surface area contributed by atoms with E-state index in [1.807, 2.05) is 12.1 Å². The highest BCUT2D eigenvalue weighted by Crippen LogP contribution is 2.84. The number of carbonyl (C=O) groups excluding carboxylic acids is 2. The normalized spacial score (nSPS) is 41.3. The summed E-state index contributed by atoms with van der Waals surface area (Å²) in [6, 6.07) is 3.98. The van der Waals surface area contributed by atoms with E-state index in [9.17, 15) is 20.1 Å². The van der Waals surface area contributed by atoms with Crippen molar-refractivity contribution < 1.29 is 9.59 Å². The highest BCUT2D eigenvalue weighted by atomic mass is 16.2. The molecular weight excluding hydrogens is 218 g/mol. The number of amides is 2. The van der Waals surface area contributed by atoms with E-state index < -0.39 is 28.1 Å². The molecule has 1 spiro atoms. The average Bonchev–Trinajstić information content (AvgIpc) is 2.74. The van der Waals surface area contributed by atoms with Gasteiger partial charge in [-0.1, -0.05) is 19.3 Å². The van der Waals surface area contributed by atoms with Crippen molar-refractivity contribution in [2.24, 2.45) is 16.2 Å². The summed E-state index contributed by atoms with van der Waals surface area (Å²) in [7, 11) is 0. The Labute approximate surface area is 98.4 Å². The first kappa shape index (κ1) is 10.3. The standard InChI is InChI=1S/C12H11N3O2/c13-6-11-8(16)15-9(17)12(11,7-14)10(11)4-2-1-3-5-10/h1-5H2,(H,15,16,17)/t11-,12+. The van der Waals surface area contributed by atoms with Gasteiger partial charge in [0.05, 0.1) is 12.1 Å². The van der Waals surface area contributed by atoms with Crippen LogP contribution in [-0.4, -0.2) is 11.8 Å². The van der Waals surface area contributed by atoms with Crippen LogP contribution in [0.1, 0.15) is 32.1 Å². The molecule has 5 heteroatoms. The highest BCUT2D eigenvalue weighted by Gasteiger charge is 2.97. The molecule has 1 N–H and O–H groups in total. The molecule has 3 rings (SSSR count). The Balaban J connectivity index is 2.22. The quantitative estimate of drug-likeness (QED) is 0.616. The van der Waals surface area contributed by atoms with Gasteiger partial charge in [-0.05, 0) is 12.8 Å². The van der Waals surface area contributed by atoms with Gasteiger partial charge in [0.15, 0.2) is 10.8 Å². The lowest BCUT2D eigenvalue weighted by Crippen LogP contribution is -2.38. The predicted octanol–water partition coefficient (Wildman–Crippen LogP) is 0.627. The zero-order valence-electron chi connectivity index (χ0n) is 9.25. The molecule has 1 saturated heterocycles. The molecule has 0 bridgehead atoms. The number of hydrogen-bond acceptors (Lipinski definition) is 4. The number of piperidine rings is 1. The first-order chi connectivity index (χ1) is 8.13. The lowest BCUT2D eigenvalue weighted by Gasteiger charge is -2.26. The van der Waals surface area contributed by atoms with Crippen molar-refractivity contribution in [3.05, 3.63) is 0 Å². The van der Waals surface area contributed by atoms with Crippen LogP contribution < -0.4 is 5.32 Å². The topological polar surface area (TPSA) is 93.8 Å². The third-order valence-corrected chi connectivity index (χ3v) is 4.89. The van der Waals surface area contributed by atoms with E-state index in [0.29, 0.717) is 12.8 Å². The van der Waals surface area contributed by atoms with Crippen LogP contribution in [-0.2, 0) is 9.59 Å². The van der Waals surface area contributed by atoms with Gasteiger partial charge in [-0.25, -0.2) is 0 Å². The van der Waals surface area contributed by atoms with Crippen LogP contribution >= 0.6 is 0 Å². The van der Waals surface area contributed by atoms with Gasteiger partial charge in [0.25, 0.3) is 0 Å². The monoisotopic (exact) mass is 229 g/mol. The van der Waals surface area contributed by atoms with Gasteiger partial charge in [0, 0.05) is 5.41 Å². The second-order valence-corrected chi connectivity index (χ2v) is 5.15. The van der Waals surface area contributed by atoms with Crippen molar-refractivity contribution in [2.45, 2.75) is 32.1 Å². The zero-order chi connectivity index (χ0) is 12.3. The summed E-state index contributed by atoms with van der Waals surface area (Å²) in [5.74, 6) is -1.12. The molecule has 3 aliphatic rings. The van der Waals surface area contributed by atoms with Gasteiger partial charge in [-0.3, -0.25) is 14.9 Å². The van der Waals surface area contributed by atoms with Crippen LogP contribution in [0, 0.1) is 38.9 Å². The summed E-state index contributed by atoms with van der Waals surface area (Å²) in [5, 5.41) is 20.9. The van der Waals surface area contributed by atoms with Crippen LogP contribution in [0.25, 0.3) is 0 Å². The Kier molecular flexibility index (Phi) is 1.62. The zero-order valence-corrected chi connectivity index (χ0v) is 9.25. The Hall–Kier alpha value is -1.88. The minimum absolute atomic E-state index is 0.562. The van der Waals surface area contributed by atoms with E-state index in [2.05, 4.69) is 5.32 Å². The Bertz CT molecular complexity index is 481. The highest BCUT2D eigenvalue weighted by molar-refractivity contribution is 6.19. The summed E-state index contributed by atoms with van der Waals surface area (Å²) >= 11 is 0. The van der Waals surface area contributed by atoms with E-state index in [1.165, 1.54) is 0 Å². The fourth-order valence-corrected chi connectivity index (χ4v) is 4.15. The Morgan fingerprint density at radius 2 is 1.41 bits per heavy atom. The van der Waals surface area contributed by atoms with Gasteiger partial charge in [-0.2, -0.15) is 10.5 Å². The van der Waals surface area contributed by atoms with Crippen LogP contribution in [0.3, 0.4) is 0 Å². The van der Waals surface area contributed by atoms with Gasteiger partial charge in [-0.15, -0.1) is 0 Å². The summed E-state index contributed by atoms with van der Waals surface area (Å²) < 4.78 is 0. The fraction of sp³-hybridized carbons (Fsp3) is 0.667. The van der Waals surface area contributed by atoms with Gasteiger partial charge in [0.2, 0.25) is 11.8 Å². The molecule has 0 aromatic rings. The third-order valence-electron chi connectivity index (χ3n) is 4.89. The van der Waals surface area contributed by atoms with Crippen molar-refractivity contribution in [3.63, 3.8) is 0 Å². The molecule has 0 aromatic heterocycles. The molecule has 3 fully saturated rings. The number of nitriles is 2. The first-order valence-corrected chi connectivity index (χ1v) is 5.81. The van der Waals surface area contributed by atoms with Crippen molar-refractivity contribution in [3.8, 4) is 12.1 Å². The number of rotatable bonds is 0. The molecular formula is C12H11N3O2. The molecule has 5 nitrogen and oxygen atoms in total. The SMILES string of the molecule is N#C[C@@]12C(=O)NC(=O)[C@]1(C#N)C21CCCCC1. The number of fused-ring (bicyclic) bond motifs is 3. The van der Waals surface area contributed by atoms with Crippen LogP contribution in [0.15, 0.2) is 0 Å². The number of hydrogen-bond donors (Lipinski definition) is 1. The lowest BCUT2D eigenvalue weighted by molar-refractivity contribution is -0.131. The summed E-state index contributed by atoms with van der Waals surface area (Å²) in [4.78, 5) is 23.8. The number of nitrogens with one attached hydrogen (secondary N) is 1.